The third-order valence-electron chi connectivity index (χ3n) is 3.73. The van der Waals surface area contributed by atoms with E-state index in [0.29, 0.717) is 0 Å². The fourth-order valence-electron chi connectivity index (χ4n) is 2.63. The third kappa shape index (κ3) is 3.03. The molecule has 104 valence electrons. The van der Waals surface area contributed by atoms with Crippen molar-refractivity contribution in [2.45, 2.75) is 13.8 Å². The van der Waals surface area contributed by atoms with Gasteiger partial charge in [0, 0.05) is 3.57 Å². The number of rotatable bonds is 2. The Balaban J connectivity index is 2.11. The van der Waals surface area contributed by atoms with E-state index in [0.717, 1.165) is 0 Å². The highest BCUT2D eigenvalue weighted by molar-refractivity contribution is 14.1. The summed E-state index contributed by atoms with van der Waals surface area (Å²) in [7, 11) is 0. The lowest BCUT2D eigenvalue weighted by molar-refractivity contribution is 1.41. The Kier molecular flexibility index (Phi) is 4.11. The lowest BCUT2D eigenvalue weighted by Crippen LogP contribution is -1.90. The van der Waals surface area contributed by atoms with Crippen LogP contribution in [0.5, 0.6) is 0 Å². The Morgan fingerprint density at radius 2 is 1.33 bits per heavy atom. The van der Waals surface area contributed by atoms with Crippen molar-refractivity contribution in [2.75, 3.05) is 0 Å². The molecule has 3 aromatic carbocycles. The minimum absolute atomic E-state index is 1.27. The van der Waals surface area contributed by atoms with Gasteiger partial charge < -0.3 is 0 Å². The normalized spacial score (nSPS) is 10.6. The van der Waals surface area contributed by atoms with E-state index in [1.807, 2.05) is 0 Å². The largest absolute Gasteiger partial charge is 0.0622 e. The van der Waals surface area contributed by atoms with Gasteiger partial charge in [-0.15, -0.1) is 0 Å². The standard InChI is InChI=1S/C20H17I/c1-14-8-10-17(11-9-14)20-15(2)12-18(13-19(20)21)16-6-4-3-5-7-16/h3-13H,1-2H3. The van der Waals surface area contributed by atoms with Crippen molar-refractivity contribution in [3.8, 4) is 22.3 Å². The van der Waals surface area contributed by atoms with Gasteiger partial charge in [0.25, 0.3) is 0 Å². The predicted octanol–water partition coefficient (Wildman–Crippen LogP) is 6.24. The minimum atomic E-state index is 1.27. The molecule has 0 nitrogen and oxygen atoms in total. The van der Waals surface area contributed by atoms with Crippen molar-refractivity contribution in [3.63, 3.8) is 0 Å². The van der Waals surface area contributed by atoms with Gasteiger partial charge in [-0.25, -0.2) is 0 Å². The molecule has 0 bridgehead atoms. The second-order valence-corrected chi connectivity index (χ2v) is 6.54. The maximum atomic E-state index is 2.45. The number of benzene rings is 3. The van der Waals surface area contributed by atoms with E-state index < -0.39 is 0 Å². The Morgan fingerprint density at radius 3 is 1.95 bits per heavy atom. The first kappa shape index (κ1) is 14.3. The molecule has 0 aromatic heterocycles. The van der Waals surface area contributed by atoms with Gasteiger partial charge in [0.2, 0.25) is 0 Å². The molecule has 3 aromatic rings. The molecule has 0 aliphatic heterocycles. The summed E-state index contributed by atoms with van der Waals surface area (Å²) < 4.78 is 1.30. The molecule has 3 rings (SSSR count). The molecule has 0 radical (unpaired) electrons. The van der Waals surface area contributed by atoms with Gasteiger partial charge in [-0.1, -0.05) is 66.2 Å². The van der Waals surface area contributed by atoms with Crippen molar-refractivity contribution < 1.29 is 0 Å². The topological polar surface area (TPSA) is 0 Å². The Labute approximate surface area is 140 Å². The van der Waals surface area contributed by atoms with Crippen LogP contribution in [0, 0.1) is 17.4 Å². The fraction of sp³-hybridized carbons (Fsp3) is 0.100. The second kappa shape index (κ2) is 6.02. The molecule has 0 N–H and O–H groups in total. The van der Waals surface area contributed by atoms with Crippen LogP contribution in [0.1, 0.15) is 11.1 Å². The van der Waals surface area contributed by atoms with E-state index in [2.05, 4.69) is 103 Å². The zero-order valence-corrected chi connectivity index (χ0v) is 14.4. The second-order valence-electron chi connectivity index (χ2n) is 5.38. The highest BCUT2D eigenvalue weighted by atomic mass is 127. The maximum Gasteiger partial charge on any atom is 0.0217 e. The number of halogens is 1. The molecule has 0 spiro atoms. The molecule has 0 saturated carbocycles. The molecule has 0 atom stereocenters. The number of aryl methyl sites for hydroxylation is 2. The molecule has 0 aliphatic rings. The lowest BCUT2D eigenvalue weighted by atomic mass is 9.95. The molecule has 0 unspecified atom stereocenters. The van der Waals surface area contributed by atoms with Crippen LogP contribution < -0.4 is 0 Å². The highest BCUT2D eigenvalue weighted by Crippen LogP contribution is 2.33. The van der Waals surface area contributed by atoms with Crippen LogP contribution in [-0.2, 0) is 0 Å². The molecule has 1 heteroatoms. The quantitative estimate of drug-likeness (QED) is 0.459. The van der Waals surface area contributed by atoms with Gasteiger partial charge >= 0.3 is 0 Å². The van der Waals surface area contributed by atoms with Crippen LogP contribution in [0.2, 0.25) is 0 Å². The zero-order chi connectivity index (χ0) is 14.8. The molecule has 0 heterocycles. The Bertz CT molecular complexity index is 733. The summed E-state index contributed by atoms with van der Waals surface area (Å²) in [6.07, 6.45) is 0. The van der Waals surface area contributed by atoms with Crippen LogP contribution >= 0.6 is 22.6 Å². The Morgan fingerprint density at radius 1 is 0.667 bits per heavy atom. The van der Waals surface area contributed by atoms with Crippen molar-refractivity contribution in [3.05, 3.63) is 81.4 Å². The summed E-state index contributed by atoms with van der Waals surface area (Å²) in [4.78, 5) is 0. The minimum Gasteiger partial charge on any atom is -0.0622 e. The van der Waals surface area contributed by atoms with Crippen LogP contribution in [0.25, 0.3) is 22.3 Å². The zero-order valence-electron chi connectivity index (χ0n) is 12.2. The van der Waals surface area contributed by atoms with E-state index in [4.69, 9.17) is 0 Å². The van der Waals surface area contributed by atoms with Crippen molar-refractivity contribution in [2.24, 2.45) is 0 Å². The van der Waals surface area contributed by atoms with Gasteiger partial charge in [0.05, 0.1) is 0 Å². The van der Waals surface area contributed by atoms with Crippen LogP contribution in [0.4, 0.5) is 0 Å². The van der Waals surface area contributed by atoms with Crippen LogP contribution in [-0.4, -0.2) is 0 Å². The average Bonchev–Trinajstić information content (AvgIpc) is 2.49. The highest BCUT2D eigenvalue weighted by Gasteiger charge is 2.09. The van der Waals surface area contributed by atoms with Crippen LogP contribution in [0.15, 0.2) is 66.7 Å². The van der Waals surface area contributed by atoms with E-state index >= 15 is 0 Å². The first-order valence-electron chi connectivity index (χ1n) is 7.08. The molecule has 0 aliphatic carbocycles. The van der Waals surface area contributed by atoms with Gasteiger partial charge in [0.1, 0.15) is 0 Å². The predicted molar refractivity (Wildman–Crippen MR) is 99.5 cm³/mol. The number of hydrogen-bond donors (Lipinski definition) is 0. The Hall–Kier alpha value is -1.61. The molecule has 0 amide bonds. The fourth-order valence-corrected chi connectivity index (χ4v) is 3.70. The molecule has 21 heavy (non-hydrogen) atoms. The SMILES string of the molecule is Cc1ccc(-c2c(C)cc(-c3ccccc3)cc2I)cc1. The summed E-state index contributed by atoms with van der Waals surface area (Å²) >= 11 is 2.45. The van der Waals surface area contributed by atoms with Gasteiger partial charge in [-0.2, -0.15) is 0 Å². The van der Waals surface area contributed by atoms with E-state index in [1.165, 1.54) is 37.0 Å². The van der Waals surface area contributed by atoms with E-state index in [-0.39, 0.29) is 0 Å². The summed E-state index contributed by atoms with van der Waals surface area (Å²) in [5.41, 5.74) is 7.82. The summed E-state index contributed by atoms with van der Waals surface area (Å²) in [5.74, 6) is 0. The van der Waals surface area contributed by atoms with E-state index in [1.54, 1.807) is 0 Å². The number of hydrogen-bond acceptors (Lipinski definition) is 0. The first-order chi connectivity index (χ1) is 10.1. The summed E-state index contributed by atoms with van der Waals surface area (Å²) in [6, 6.07) is 23.9. The third-order valence-corrected chi connectivity index (χ3v) is 4.59. The lowest BCUT2D eigenvalue weighted by Gasteiger charge is -2.12. The van der Waals surface area contributed by atoms with Gasteiger partial charge in [0.15, 0.2) is 0 Å². The van der Waals surface area contributed by atoms with Crippen LogP contribution in [0.3, 0.4) is 0 Å². The summed E-state index contributed by atoms with van der Waals surface area (Å²) in [6.45, 7) is 4.32. The average molecular weight is 384 g/mol. The van der Waals surface area contributed by atoms with Gasteiger partial charge in [-0.3, -0.25) is 0 Å². The first-order valence-corrected chi connectivity index (χ1v) is 8.15. The van der Waals surface area contributed by atoms with Crippen molar-refractivity contribution in [1.82, 2.24) is 0 Å². The van der Waals surface area contributed by atoms with E-state index in [9.17, 15) is 0 Å². The van der Waals surface area contributed by atoms with Crippen molar-refractivity contribution >= 4 is 22.6 Å². The molecule has 0 saturated heterocycles. The molecular weight excluding hydrogens is 367 g/mol. The smallest absolute Gasteiger partial charge is 0.0217 e. The van der Waals surface area contributed by atoms with Gasteiger partial charge in [-0.05, 0) is 70.3 Å². The molecule has 0 fully saturated rings. The maximum absolute atomic E-state index is 2.45. The monoisotopic (exact) mass is 384 g/mol. The summed E-state index contributed by atoms with van der Waals surface area (Å²) in [5, 5.41) is 0. The molecular formula is C20H17I. The van der Waals surface area contributed by atoms with Crippen molar-refractivity contribution in [1.29, 1.82) is 0 Å².